The lowest BCUT2D eigenvalue weighted by Crippen LogP contribution is -2.37. The van der Waals surface area contributed by atoms with Crippen LogP contribution in [0.1, 0.15) is 36.8 Å². The maximum atomic E-state index is 12.6. The van der Waals surface area contributed by atoms with E-state index >= 15 is 0 Å². The number of allylic oxidation sites excluding steroid dienone is 2. The van der Waals surface area contributed by atoms with Crippen LogP contribution in [0.4, 0.5) is 0 Å². The largest absolute Gasteiger partial charge is 0.494 e. The van der Waals surface area contributed by atoms with Crippen molar-refractivity contribution < 1.29 is 19.4 Å². The van der Waals surface area contributed by atoms with Gasteiger partial charge in [-0.1, -0.05) is 61.2 Å². The van der Waals surface area contributed by atoms with E-state index in [4.69, 9.17) is 15.6 Å². The number of amides is 1. The number of nitrogens with zero attached hydrogens (tertiary/aromatic N) is 1. The molecule has 0 aromatic heterocycles. The zero-order chi connectivity index (χ0) is 25.3. The predicted molar refractivity (Wildman–Crippen MR) is 140 cm³/mol. The first-order valence-electron chi connectivity index (χ1n) is 12.0. The first-order valence-corrected chi connectivity index (χ1v) is 12.0. The van der Waals surface area contributed by atoms with E-state index in [0.717, 1.165) is 37.0 Å². The van der Waals surface area contributed by atoms with Crippen molar-refractivity contribution in [3.63, 3.8) is 0 Å². The van der Waals surface area contributed by atoms with E-state index in [-0.39, 0.29) is 25.4 Å². The molecule has 3 N–H and O–H groups in total. The van der Waals surface area contributed by atoms with Crippen molar-refractivity contribution in [2.75, 3.05) is 19.7 Å². The molecule has 6 heteroatoms. The molecule has 186 valence electrons. The fraction of sp³-hybridized carbons (Fsp3) is 0.310. The second kappa shape index (κ2) is 15.9. The fourth-order valence-corrected chi connectivity index (χ4v) is 3.55. The molecule has 0 unspecified atom stereocenters. The van der Waals surface area contributed by atoms with Gasteiger partial charge < -0.3 is 20.5 Å². The molecule has 0 aliphatic heterocycles. The molecule has 0 radical (unpaired) electrons. The van der Waals surface area contributed by atoms with E-state index in [1.54, 1.807) is 18.2 Å². The molecule has 0 saturated carbocycles. The maximum Gasteiger partial charge on any atom is 0.323 e. The maximum absolute atomic E-state index is 12.6. The monoisotopic (exact) mass is 476 g/mol. The Kier molecular flexibility index (Phi) is 12.5. The van der Waals surface area contributed by atoms with Crippen LogP contribution in [0.2, 0.25) is 0 Å². The Morgan fingerprint density at radius 2 is 1.63 bits per heavy atom. The molecule has 0 aliphatic rings. The molecule has 2 rings (SSSR count). The number of hydrogen-bond acceptors (Lipinski definition) is 4. The highest BCUT2D eigenvalue weighted by Gasteiger charge is 2.17. The van der Waals surface area contributed by atoms with Crippen molar-refractivity contribution in [1.82, 2.24) is 4.90 Å². The molecule has 0 atom stereocenters. The molecule has 35 heavy (non-hydrogen) atoms. The number of rotatable bonds is 16. The summed E-state index contributed by atoms with van der Waals surface area (Å²) in [4.78, 5) is 25.1. The summed E-state index contributed by atoms with van der Waals surface area (Å²) >= 11 is 0. The number of carbonyl (C=O) groups excluding carboxylic acids is 1. The SMILES string of the molecule is C=C(/C=C\C=C/N)CN(CC(=O)O)C(=O)CCc1ccc(OCCCCCc2ccccc2)cc1. The summed E-state index contributed by atoms with van der Waals surface area (Å²) in [6, 6.07) is 18.2. The Bertz CT molecular complexity index is 982. The smallest absolute Gasteiger partial charge is 0.323 e. The van der Waals surface area contributed by atoms with Gasteiger partial charge in [-0.25, -0.2) is 0 Å². The first-order chi connectivity index (χ1) is 17.0. The average molecular weight is 477 g/mol. The van der Waals surface area contributed by atoms with Gasteiger partial charge in [0, 0.05) is 13.0 Å². The van der Waals surface area contributed by atoms with Crippen molar-refractivity contribution >= 4 is 11.9 Å². The van der Waals surface area contributed by atoms with Crippen LogP contribution in [0.3, 0.4) is 0 Å². The molecule has 2 aromatic carbocycles. The summed E-state index contributed by atoms with van der Waals surface area (Å²) in [6.45, 7) is 4.34. The molecular weight excluding hydrogens is 440 g/mol. The van der Waals surface area contributed by atoms with Gasteiger partial charge in [-0.2, -0.15) is 0 Å². The van der Waals surface area contributed by atoms with E-state index in [9.17, 15) is 9.59 Å². The van der Waals surface area contributed by atoms with E-state index in [1.807, 2.05) is 30.3 Å². The van der Waals surface area contributed by atoms with Crippen molar-refractivity contribution in [3.05, 3.63) is 102 Å². The minimum Gasteiger partial charge on any atom is -0.494 e. The molecular formula is C29H36N2O4. The number of hydrogen-bond donors (Lipinski definition) is 2. The van der Waals surface area contributed by atoms with Crippen molar-refractivity contribution in [1.29, 1.82) is 0 Å². The van der Waals surface area contributed by atoms with Crippen LogP contribution >= 0.6 is 0 Å². The molecule has 0 aliphatic carbocycles. The van der Waals surface area contributed by atoms with Crippen LogP contribution in [-0.4, -0.2) is 41.6 Å². The topological polar surface area (TPSA) is 92.9 Å². The van der Waals surface area contributed by atoms with Gasteiger partial charge in [0.15, 0.2) is 0 Å². The Morgan fingerprint density at radius 1 is 0.914 bits per heavy atom. The summed E-state index contributed by atoms with van der Waals surface area (Å²) in [5, 5.41) is 9.16. The van der Waals surface area contributed by atoms with Crippen LogP contribution in [0.25, 0.3) is 0 Å². The summed E-state index contributed by atoms with van der Waals surface area (Å²) in [6.07, 6.45) is 11.5. The number of nitrogens with two attached hydrogens (primary N) is 1. The highest BCUT2D eigenvalue weighted by molar-refractivity contribution is 5.81. The molecule has 0 spiro atoms. The molecule has 6 nitrogen and oxygen atoms in total. The minimum absolute atomic E-state index is 0.151. The van der Waals surface area contributed by atoms with E-state index < -0.39 is 5.97 Å². The van der Waals surface area contributed by atoms with Crippen LogP contribution in [0.5, 0.6) is 5.75 Å². The van der Waals surface area contributed by atoms with Gasteiger partial charge >= 0.3 is 5.97 Å². The van der Waals surface area contributed by atoms with Crippen LogP contribution < -0.4 is 10.5 Å². The zero-order valence-electron chi connectivity index (χ0n) is 20.3. The second-order valence-corrected chi connectivity index (χ2v) is 8.33. The van der Waals surface area contributed by atoms with E-state index in [0.29, 0.717) is 18.6 Å². The van der Waals surface area contributed by atoms with Gasteiger partial charge in [0.25, 0.3) is 0 Å². The molecule has 2 aromatic rings. The summed E-state index contributed by atoms with van der Waals surface area (Å²) < 4.78 is 5.84. The lowest BCUT2D eigenvalue weighted by molar-refractivity contribution is -0.144. The predicted octanol–water partition coefficient (Wildman–Crippen LogP) is 4.91. The van der Waals surface area contributed by atoms with Crippen LogP contribution in [0, 0.1) is 0 Å². The lowest BCUT2D eigenvalue weighted by Gasteiger charge is -2.21. The number of unbranched alkanes of at least 4 members (excludes halogenated alkanes) is 2. The van der Waals surface area contributed by atoms with Gasteiger partial charge in [-0.15, -0.1) is 0 Å². The molecule has 0 saturated heterocycles. The fourth-order valence-electron chi connectivity index (χ4n) is 3.55. The Morgan fingerprint density at radius 3 is 2.31 bits per heavy atom. The number of carboxylic acid groups (broad SMARTS) is 1. The minimum atomic E-state index is -1.06. The van der Waals surface area contributed by atoms with Gasteiger partial charge in [-0.05, 0) is 73.2 Å². The van der Waals surface area contributed by atoms with E-state index in [1.165, 1.54) is 16.7 Å². The van der Waals surface area contributed by atoms with Crippen LogP contribution in [-0.2, 0) is 22.4 Å². The lowest BCUT2D eigenvalue weighted by atomic mass is 10.1. The number of aliphatic carboxylic acids is 1. The van der Waals surface area contributed by atoms with Gasteiger partial charge in [0.1, 0.15) is 12.3 Å². The Hall–Kier alpha value is -3.80. The number of carbonyl (C=O) groups is 2. The average Bonchev–Trinajstić information content (AvgIpc) is 2.85. The third kappa shape index (κ3) is 11.8. The van der Waals surface area contributed by atoms with Crippen molar-refractivity contribution in [2.45, 2.75) is 38.5 Å². The van der Waals surface area contributed by atoms with Gasteiger partial charge in [0.05, 0.1) is 6.61 Å². The van der Waals surface area contributed by atoms with E-state index in [2.05, 4.69) is 30.8 Å². The summed E-state index contributed by atoms with van der Waals surface area (Å²) in [5.74, 6) is -0.476. The standard InChI is InChI=1S/C29H36N2O4/c1-24(10-7-8-20-30)22-31(23-29(33)34)28(32)19-16-26-14-17-27(18-15-26)35-21-9-3-6-13-25-11-4-2-5-12-25/h2,4-5,7-8,10-12,14-15,17-18,20H,1,3,6,9,13,16,19,21-23,30H2,(H,33,34)/b10-7-,20-8-. The highest BCUT2D eigenvalue weighted by atomic mass is 16.5. The normalized spacial score (nSPS) is 11.1. The van der Waals surface area contributed by atoms with Crippen molar-refractivity contribution in [3.8, 4) is 5.75 Å². The van der Waals surface area contributed by atoms with Gasteiger partial charge in [-0.3, -0.25) is 9.59 Å². The Labute approximate surface area is 208 Å². The van der Waals surface area contributed by atoms with Gasteiger partial charge in [0.2, 0.25) is 5.91 Å². The summed E-state index contributed by atoms with van der Waals surface area (Å²) in [5.41, 5.74) is 8.27. The quantitative estimate of drug-likeness (QED) is 0.265. The molecule has 0 heterocycles. The molecule has 0 fully saturated rings. The molecule has 0 bridgehead atoms. The molecule has 1 amide bonds. The second-order valence-electron chi connectivity index (χ2n) is 8.33. The highest BCUT2D eigenvalue weighted by Crippen LogP contribution is 2.15. The first kappa shape index (κ1) is 27.4. The third-order valence-corrected chi connectivity index (χ3v) is 5.40. The van der Waals surface area contributed by atoms with Crippen LogP contribution in [0.15, 0.2) is 91.2 Å². The third-order valence-electron chi connectivity index (χ3n) is 5.40. The summed E-state index contributed by atoms with van der Waals surface area (Å²) in [7, 11) is 0. The number of carboxylic acids is 1. The zero-order valence-corrected chi connectivity index (χ0v) is 20.3. The number of ether oxygens (including phenoxy) is 1. The van der Waals surface area contributed by atoms with Crippen molar-refractivity contribution in [2.24, 2.45) is 5.73 Å². The Balaban J connectivity index is 1.72. The number of aryl methyl sites for hydroxylation is 2. The number of benzene rings is 2.